The molecule has 2 rings (SSSR count). The minimum Gasteiger partial charge on any atom is -0.491 e. The Morgan fingerprint density at radius 3 is 2.43 bits per heavy atom. The Balaban J connectivity index is 1.75. The molecule has 21 heavy (non-hydrogen) atoms. The molecule has 0 fully saturated rings. The lowest BCUT2D eigenvalue weighted by atomic mass is 10.3. The second-order valence-electron chi connectivity index (χ2n) is 4.46. The lowest BCUT2D eigenvalue weighted by molar-refractivity contribution is -0.384. The number of hydrogen-bond acceptors (Lipinski definition) is 5. The van der Waals surface area contributed by atoms with Crippen LogP contribution in [0.2, 0.25) is 0 Å². The van der Waals surface area contributed by atoms with E-state index in [0.717, 1.165) is 5.69 Å². The SMILES string of the molecule is O=[N+]([O-])c1ccc(OC[C@@H](O)CNc2ccccc2)cc1. The van der Waals surface area contributed by atoms with Crippen LogP contribution < -0.4 is 10.1 Å². The van der Waals surface area contributed by atoms with Crippen molar-refractivity contribution in [1.82, 2.24) is 0 Å². The number of benzene rings is 2. The minimum absolute atomic E-state index is 0.00800. The van der Waals surface area contributed by atoms with E-state index in [1.165, 1.54) is 24.3 Å². The van der Waals surface area contributed by atoms with Crippen molar-refractivity contribution in [1.29, 1.82) is 0 Å². The standard InChI is InChI=1S/C15H16N2O4/c18-14(10-16-12-4-2-1-3-5-12)11-21-15-8-6-13(7-9-15)17(19)20/h1-9,14,16,18H,10-11H2/t14-/m0/s1. The highest BCUT2D eigenvalue weighted by molar-refractivity contribution is 5.42. The Morgan fingerprint density at radius 2 is 1.81 bits per heavy atom. The molecule has 0 radical (unpaired) electrons. The molecule has 0 saturated carbocycles. The lowest BCUT2D eigenvalue weighted by Gasteiger charge is -2.14. The molecule has 0 bridgehead atoms. The number of rotatable bonds is 7. The Morgan fingerprint density at radius 1 is 1.14 bits per heavy atom. The zero-order valence-electron chi connectivity index (χ0n) is 11.3. The van der Waals surface area contributed by atoms with Gasteiger partial charge in [-0.25, -0.2) is 0 Å². The zero-order valence-corrected chi connectivity index (χ0v) is 11.3. The van der Waals surface area contributed by atoms with Gasteiger partial charge in [0.25, 0.3) is 5.69 Å². The van der Waals surface area contributed by atoms with Crippen molar-refractivity contribution in [2.75, 3.05) is 18.5 Å². The van der Waals surface area contributed by atoms with Gasteiger partial charge >= 0.3 is 0 Å². The molecule has 0 aliphatic heterocycles. The predicted molar refractivity (Wildman–Crippen MR) is 79.5 cm³/mol. The van der Waals surface area contributed by atoms with E-state index in [9.17, 15) is 15.2 Å². The largest absolute Gasteiger partial charge is 0.491 e. The summed E-state index contributed by atoms with van der Waals surface area (Å²) in [5, 5.41) is 23.4. The van der Waals surface area contributed by atoms with Crippen LogP contribution in [0, 0.1) is 10.1 Å². The molecular formula is C15H16N2O4. The first-order valence-corrected chi connectivity index (χ1v) is 6.49. The Hall–Kier alpha value is -2.60. The molecular weight excluding hydrogens is 272 g/mol. The van der Waals surface area contributed by atoms with Gasteiger partial charge in [0.2, 0.25) is 0 Å². The van der Waals surface area contributed by atoms with E-state index in [4.69, 9.17) is 4.74 Å². The monoisotopic (exact) mass is 288 g/mol. The number of nitro groups is 1. The predicted octanol–water partition coefficient (Wildman–Crippen LogP) is 2.45. The molecule has 0 heterocycles. The number of nitro benzene ring substituents is 1. The highest BCUT2D eigenvalue weighted by Gasteiger charge is 2.07. The summed E-state index contributed by atoms with van der Waals surface area (Å²) in [5.74, 6) is 0.486. The summed E-state index contributed by atoms with van der Waals surface area (Å²) in [6.07, 6.45) is -0.680. The van der Waals surface area contributed by atoms with Gasteiger partial charge < -0.3 is 15.2 Å². The molecule has 0 saturated heterocycles. The fourth-order valence-electron chi connectivity index (χ4n) is 1.71. The van der Waals surface area contributed by atoms with Crippen LogP contribution >= 0.6 is 0 Å². The maximum absolute atomic E-state index is 10.5. The minimum atomic E-state index is -0.680. The third kappa shape index (κ3) is 4.77. The van der Waals surface area contributed by atoms with Crippen LogP contribution in [0.5, 0.6) is 5.75 Å². The van der Waals surface area contributed by atoms with Gasteiger partial charge in [0.15, 0.2) is 0 Å². The van der Waals surface area contributed by atoms with Crippen molar-refractivity contribution in [2.24, 2.45) is 0 Å². The Kier molecular flexibility index (Phi) is 5.11. The average molecular weight is 288 g/mol. The van der Waals surface area contributed by atoms with Crippen molar-refractivity contribution in [3.8, 4) is 5.75 Å². The molecule has 0 unspecified atom stereocenters. The van der Waals surface area contributed by atoms with Crippen LogP contribution in [0.3, 0.4) is 0 Å². The lowest BCUT2D eigenvalue weighted by Crippen LogP contribution is -2.26. The summed E-state index contributed by atoms with van der Waals surface area (Å²) in [6.45, 7) is 0.467. The van der Waals surface area contributed by atoms with Crippen LogP contribution in [0.1, 0.15) is 0 Å². The molecule has 0 spiro atoms. The third-order valence-electron chi connectivity index (χ3n) is 2.81. The molecule has 110 valence electrons. The first-order chi connectivity index (χ1) is 10.1. The van der Waals surface area contributed by atoms with E-state index in [2.05, 4.69) is 5.32 Å². The molecule has 0 aliphatic rings. The van der Waals surface area contributed by atoms with Crippen molar-refractivity contribution in [3.05, 3.63) is 64.7 Å². The van der Waals surface area contributed by atoms with Gasteiger partial charge in [-0.05, 0) is 24.3 Å². The van der Waals surface area contributed by atoms with Gasteiger partial charge in [-0.2, -0.15) is 0 Å². The second kappa shape index (κ2) is 7.25. The zero-order chi connectivity index (χ0) is 15.1. The Bertz CT molecular complexity index is 572. The Labute approximate surface area is 122 Å². The van der Waals surface area contributed by atoms with Crippen molar-refractivity contribution in [3.63, 3.8) is 0 Å². The topological polar surface area (TPSA) is 84.6 Å². The van der Waals surface area contributed by atoms with Gasteiger partial charge in [0.1, 0.15) is 18.5 Å². The molecule has 2 aromatic rings. The highest BCUT2D eigenvalue weighted by Crippen LogP contribution is 2.17. The summed E-state index contributed by atoms with van der Waals surface area (Å²) >= 11 is 0. The first-order valence-electron chi connectivity index (χ1n) is 6.49. The number of anilines is 1. The summed E-state index contributed by atoms with van der Waals surface area (Å²) in [6, 6.07) is 15.3. The van der Waals surface area contributed by atoms with E-state index in [0.29, 0.717) is 12.3 Å². The molecule has 2 aromatic carbocycles. The van der Waals surface area contributed by atoms with Crippen molar-refractivity contribution >= 4 is 11.4 Å². The van der Waals surface area contributed by atoms with Crippen LogP contribution in [0.15, 0.2) is 54.6 Å². The molecule has 6 nitrogen and oxygen atoms in total. The third-order valence-corrected chi connectivity index (χ3v) is 2.81. The van der Waals surface area contributed by atoms with E-state index in [1.807, 2.05) is 30.3 Å². The number of non-ortho nitro benzene ring substituents is 1. The first kappa shape index (κ1) is 14.8. The smallest absolute Gasteiger partial charge is 0.269 e. The fourth-order valence-corrected chi connectivity index (χ4v) is 1.71. The molecule has 0 amide bonds. The maximum Gasteiger partial charge on any atom is 0.269 e. The van der Waals surface area contributed by atoms with Gasteiger partial charge in [-0.3, -0.25) is 10.1 Å². The molecule has 0 aromatic heterocycles. The normalized spacial score (nSPS) is 11.7. The van der Waals surface area contributed by atoms with Crippen LogP contribution in [-0.2, 0) is 0 Å². The summed E-state index contributed by atoms with van der Waals surface area (Å²) in [4.78, 5) is 10.0. The van der Waals surface area contributed by atoms with Gasteiger partial charge in [-0.15, -0.1) is 0 Å². The summed E-state index contributed by atoms with van der Waals surface area (Å²) in [7, 11) is 0. The number of aliphatic hydroxyl groups excluding tert-OH is 1. The molecule has 1 atom stereocenters. The summed E-state index contributed by atoms with van der Waals surface area (Å²) < 4.78 is 5.38. The quantitative estimate of drug-likeness (QED) is 0.604. The number of ether oxygens (including phenoxy) is 1. The van der Waals surface area contributed by atoms with E-state index in [1.54, 1.807) is 0 Å². The van der Waals surface area contributed by atoms with Crippen LogP contribution in [0.4, 0.5) is 11.4 Å². The molecule has 6 heteroatoms. The second-order valence-corrected chi connectivity index (χ2v) is 4.46. The van der Waals surface area contributed by atoms with Crippen LogP contribution in [0.25, 0.3) is 0 Å². The van der Waals surface area contributed by atoms with E-state index < -0.39 is 11.0 Å². The number of para-hydroxylation sites is 1. The fraction of sp³-hybridized carbons (Fsp3) is 0.200. The van der Waals surface area contributed by atoms with E-state index >= 15 is 0 Å². The highest BCUT2D eigenvalue weighted by atomic mass is 16.6. The van der Waals surface area contributed by atoms with E-state index in [-0.39, 0.29) is 12.3 Å². The van der Waals surface area contributed by atoms with Crippen LogP contribution in [-0.4, -0.2) is 29.3 Å². The molecule has 0 aliphatic carbocycles. The van der Waals surface area contributed by atoms with Crippen molar-refractivity contribution in [2.45, 2.75) is 6.10 Å². The number of aliphatic hydroxyl groups is 1. The maximum atomic E-state index is 10.5. The average Bonchev–Trinajstić information content (AvgIpc) is 2.52. The van der Waals surface area contributed by atoms with Crippen molar-refractivity contribution < 1.29 is 14.8 Å². The summed E-state index contributed by atoms with van der Waals surface area (Å²) in [5.41, 5.74) is 0.931. The van der Waals surface area contributed by atoms with Gasteiger partial charge in [0, 0.05) is 24.4 Å². The number of hydrogen-bond donors (Lipinski definition) is 2. The van der Waals surface area contributed by atoms with Gasteiger partial charge in [0.05, 0.1) is 4.92 Å². The van der Waals surface area contributed by atoms with Gasteiger partial charge in [-0.1, -0.05) is 18.2 Å². The molecule has 2 N–H and O–H groups in total. The number of nitrogens with zero attached hydrogens (tertiary/aromatic N) is 1. The number of nitrogens with one attached hydrogen (secondary N) is 1.